The van der Waals surface area contributed by atoms with Crippen molar-refractivity contribution in [3.05, 3.63) is 35.9 Å². The van der Waals surface area contributed by atoms with Gasteiger partial charge in [-0.2, -0.15) is 0 Å². The zero-order valence-electron chi connectivity index (χ0n) is 9.31. The van der Waals surface area contributed by atoms with E-state index in [0.717, 1.165) is 6.42 Å². The molecule has 2 atom stereocenters. The molecule has 15 heavy (non-hydrogen) atoms. The van der Waals surface area contributed by atoms with Crippen molar-refractivity contribution in [3.63, 3.8) is 0 Å². The van der Waals surface area contributed by atoms with Gasteiger partial charge in [0.2, 0.25) is 0 Å². The van der Waals surface area contributed by atoms with E-state index in [-0.39, 0.29) is 5.92 Å². The number of ketones is 1. The maximum atomic E-state index is 11.9. The molecular formula is C13H17NO. The smallest absolute Gasteiger partial charge is 0.154 e. The van der Waals surface area contributed by atoms with Gasteiger partial charge in [0.15, 0.2) is 5.78 Å². The first kappa shape index (κ1) is 10.4. The molecule has 80 valence electrons. The highest BCUT2D eigenvalue weighted by Crippen LogP contribution is 2.27. The molecule has 0 amide bonds. The third kappa shape index (κ3) is 2.10. The molecule has 0 saturated carbocycles. The van der Waals surface area contributed by atoms with E-state index in [2.05, 4.69) is 24.0 Å². The summed E-state index contributed by atoms with van der Waals surface area (Å²) in [6.07, 6.45) is 0.944. The van der Waals surface area contributed by atoms with Gasteiger partial charge in [0, 0.05) is 12.0 Å². The molecule has 1 aromatic rings. The molecule has 2 heteroatoms. The third-order valence-electron chi connectivity index (χ3n) is 3.33. The van der Waals surface area contributed by atoms with Crippen LogP contribution in [0.15, 0.2) is 30.3 Å². The molecule has 1 aliphatic heterocycles. The number of nitrogens with zero attached hydrogens (tertiary/aromatic N) is 1. The Morgan fingerprint density at radius 3 is 2.60 bits per heavy atom. The fourth-order valence-corrected chi connectivity index (χ4v) is 2.17. The molecule has 1 heterocycles. The molecular weight excluding hydrogens is 186 g/mol. The van der Waals surface area contributed by atoms with Crippen molar-refractivity contribution >= 4 is 5.78 Å². The Labute approximate surface area is 90.9 Å². The van der Waals surface area contributed by atoms with Crippen LogP contribution in [0, 0.1) is 0 Å². The second kappa shape index (κ2) is 4.15. The molecule has 0 unspecified atom stereocenters. The second-order valence-corrected chi connectivity index (χ2v) is 4.43. The van der Waals surface area contributed by atoms with Gasteiger partial charge in [0.05, 0.1) is 6.54 Å². The Morgan fingerprint density at radius 1 is 1.27 bits per heavy atom. The molecule has 0 bridgehead atoms. The standard InChI is InChI=1S/C13H17NO/c1-10-8-12(13(15)9-14(10)2)11-6-4-3-5-7-11/h3-7,10,12H,8-9H2,1-2H3/t10-,12+/m1/s1. The zero-order chi connectivity index (χ0) is 10.8. The first-order valence-corrected chi connectivity index (χ1v) is 5.46. The van der Waals surface area contributed by atoms with Gasteiger partial charge in [0.1, 0.15) is 0 Å². The predicted octanol–water partition coefficient (Wildman–Crippen LogP) is 2.06. The lowest BCUT2D eigenvalue weighted by Gasteiger charge is -2.34. The highest BCUT2D eigenvalue weighted by Gasteiger charge is 2.30. The molecule has 0 spiro atoms. The number of likely N-dealkylation sites (tertiary alicyclic amines) is 1. The summed E-state index contributed by atoms with van der Waals surface area (Å²) in [6, 6.07) is 10.6. The number of likely N-dealkylation sites (N-methyl/N-ethyl adjacent to an activating group) is 1. The summed E-state index contributed by atoms with van der Waals surface area (Å²) in [5, 5.41) is 0. The van der Waals surface area contributed by atoms with Gasteiger partial charge in [0.25, 0.3) is 0 Å². The highest BCUT2D eigenvalue weighted by molar-refractivity contribution is 5.88. The van der Waals surface area contributed by atoms with Gasteiger partial charge in [-0.1, -0.05) is 30.3 Å². The van der Waals surface area contributed by atoms with Gasteiger partial charge < -0.3 is 0 Å². The Kier molecular flexibility index (Phi) is 2.87. The number of Topliss-reactive ketones (excluding diaryl/α,β-unsaturated/α-hetero) is 1. The number of carbonyl (C=O) groups is 1. The van der Waals surface area contributed by atoms with Gasteiger partial charge >= 0.3 is 0 Å². The van der Waals surface area contributed by atoms with Gasteiger partial charge in [-0.05, 0) is 26.0 Å². The molecule has 2 rings (SSSR count). The van der Waals surface area contributed by atoms with Crippen molar-refractivity contribution in [2.24, 2.45) is 0 Å². The number of hydrogen-bond donors (Lipinski definition) is 0. The van der Waals surface area contributed by atoms with E-state index < -0.39 is 0 Å². The molecule has 0 N–H and O–H groups in total. The number of benzene rings is 1. The number of hydrogen-bond acceptors (Lipinski definition) is 2. The summed E-state index contributed by atoms with van der Waals surface area (Å²) < 4.78 is 0. The lowest BCUT2D eigenvalue weighted by Crippen LogP contribution is -2.43. The maximum absolute atomic E-state index is 11.9. The largest absolute Gasteiger partial charge is 0.298 e. The van der Waals surface area contributed by atoms with Crippen molar-refractivity contribution in [1.82, 2.24) is 4.90 Å². The Morgan fingerprint density at radius 2 is 1.93 bits per heavy atom. The monoisotopic (exact) mass is 203 g/mol. The quantitative estimate of drug-likeness (QED) is 0.696. The molecule has 1 aromatic carbocycles. The molecule has 1 saturated heterocycles. The number of piperidine rings is 1. The number of rotatable bonds is 1. The fraction of sp³-hybridized carbons (Fsp3) is 0.462. The Bertz CT molecular complexity index is 347. The minimum atomic E-state index is 0.109. The first-order chi connectivity index (χ1) is 7.18. The molecule has 2 nitrogen and oxygen atoms in total. The summed E-state index contributed by atoms with van der Waals surface area (Å²) in [5.74, 6) is 0.458. The van der Waals surface area contributed by atoms with Crippen LogP contribution in [0.5, 0.6) is 0 Å². The van der Waals surface area contributed by atoms with Gasteiger partial charge in [-0.3, -0.25) is 9.69 Å². The minimum Gasteiger partial charge on any atom is -0.298 e. The predicted molar refractivity (Wildman–Crippen MR) is 60.9 cm³/mol. The average molecular weight is 203 g/mol. The Hall–Kier alpha value is -1.15. The van der Waals surface area contributed by atoms with Crippen LogP contribution in [-0.4, -0.2) is 30.3 Å². The van der Waals surface area contributed by atoms with E-state index in [0.29, 0.717) is 18.4 Å². The van der Waals surface area contributed by atoms with Crippen LogP contribution in [0.1, 0.15) is 24.8 Å². The molecule has 1 aliphatic rings. The summed E-state index contributed by atoms with van der Waals surface area (Å²) in [7, 11) is 2.02. The van der Waals surface area contributed by atoms with E-state index in [1.54, 1.807) is 0 Å². The summed E-state index contributed by atoms with van der Waals surface area (Å²) in [4.78, 5) is 14.0. The molecule has 0 aliphatic carbocycles. The fourth-order valence-electron chi connectivity index (χ4n) is 2.17. The van der Waals surface area contributed by atoms with Crippen LogP contribution in [0.4, 0.5) is 0 Å². The highest BCUT2D eigenvalue weighted by atomic mass is 16.1. The normalized spacial score (nSPS) is 28.0. The van der Waals surface area contributed by atoms with Gasteiger partial charge in [-0.25, -0.2) is 0 Å². The number of carbonyl (C=O) groups excluding carboxylic acids is 1. The topological polar surface area (TPSA) is 20.3 Å². The van der Waals surface area contributed by atoms with Crippen LogP contribution in [-0.2, 0) is 4.79 Å². The van der Waals surface area contributed by atoms with Crippen LogP contribution in [0.3, 0.4) is 0 Å². The SMILES string of the molecule is C[C@@H]1C[C@@H](c2ccccc2)C(=O)CN1C. The summed E-state index contributed by atoms with van der Waals surface area (Å²) in [5.41, 5.74) is 1.17. The molecule has 1 fully saturated rings. The minimum absolute atomic E-state index is 0.109. The van der Waals surface area contributed by atoms with Crippen LogP contribution >= 0.6 is 0 Å². The first-order valence-electron chi connectivity index (χ1n) is 5.46. The van der Waals surface area contributed by atoms with E-state index in [4.69, 9.17) is 0 Å². The average Bonchev–Trinajstić information content (AvgIpc) is 2.25. The van der Waals surface area contributed by atoms with Crippen molar-refractivity contribution in [3.8, 4) is 0 Å². The van der Waals surface area contributed by atoms with Crippen molar-refractivity contribution in [2.45, 2.75) is 25.3 Å². The van der Waals surface area contributed by atoms with Crippen LogP contribution < -0.4 is 0 Å². The zero-order valence-corrected chi connectivity index (χ0v) is 9.31. The van der Waals surface area contributed by atoms with E-state index in [9.17, 15) is 4.79 Å². The summed E-state index contributed by atoms with van der Waals surface area (Å²) in [6.45, 7) is 2.77. The van der Waals surface area contributed by atoms with E-state index in [1.807, 2.05) is 25.2 Å². The lowest BCUT2D eigenvalue weighted by atomic mass is 9.85. The Balaban J connectivity index is 2.20. The van der Waals surface area contributed by atoms with Crippen molar-refractivity contribution in [2.75, 3.05) is 13.6 Å². The lowest BCUT2D eigenvalue weighted by molar-refractivity contribution is -0.124. The van der Waals surface area contributed by atoms with Crippen molar-refractivity contribution in [1.29, 1.82) is 0 Å². The molecule has 0 aromatic heterocycles. The third-order valence-corrected chi connectivity index (χ3v) is 3.33. The van der Waals surface area contributed by atoms with Gasteiger partial charge in [-0.15, -0.1) is 0 Å². The van der Waals surface area contributed by atoms with Crippen molar-refractivity contribution < 1.29 is 4.79 Å². The van der Waals surface area contributed by atoms with E-state index in [1.165, 1.54) is 5.56 Å². The maximum Gasteiger partial charge on any atom is 0.154 e. The van der Waals surface area contributed by atoms with Crippen LogP contribution in [0.2, 0.25) is 0 Å². The second-order valence-electron chi connectivity index (χ2n) is 4.43. The summed E-state index contributed by atoms with van der Waals surface area (Å²) >= 11 is 0. The van der Waals surface area contributed by atoms with Crippen LogP contribution in [0.25, 0.3) is 0 Å². The van der Waals surface area contributed by atoms with E-state index >= 15 is 0 Å². The molecule has 0 radical (unpaired) electrons.